The van der Waals surface area contributed by atoms with Crippen LogP contribution in [0.5, 0.6) is 0 Å². The quantitative estimate of drug-likeness (QED) is 0.649. The summed E-state index contributed by atoms with van der Waals surface area (Å²) in [4.78, 5) is 3.74. The topological polar surface area (TPSA) is 105 Å². The van der Waals surface area contributed by atoms with Crippen LogP contribution in [0.15, 0.2) is 10.9 Å². The van der Waals surface area contributed by atoms with Crippen LogP contribution in [-0.2, 0) is 16.4 Å². The first-order valence-electron chi connectivity index (χ1n) is 4.41. The Kier molecular flexibility index (Phi) is 4.18. The van der Waals surface area contributed by atoms with Crippen LogP contribution in [0, 0.1) is 0 Å². The molecule has 0 aliphatic rings. The summed E-state index contributed by atoms with van der Waals surface area (Å²) in [5.41, 5.74) is 0. The van der Waals surface area contributed by atoms with Gasteiger partial charge in [-0.05, 0) is 6.92 Å². The van der Waals surface area contributed by atoms with Gasteiger partial charge >= 0.3 is 0 Å². The average Bonchev–Trinajstić information content (AvgIpc) is 2.69. The monoisotopic (exact) mass is 235 g/mol. The van der Waals surface area contributed by atoms with E-state index in [-0.39, 0.29) is 6.54 Å². The minimum absolute atomic E-state index is 0.175. The number of hydrogen-bond donors (Lipinski definition) is 2. The molecule has 1 unspecified atom stereocenters. The smallest absolute Gasteiger partial charge is 0.227 e. The van der Waals surface area contributed by atoms with Gasteiger partial charge in [0.2, 0.25) is 15.9 Å². The zero-order valence-corrected chi connectivity index (χ0v) is 9.07. The van der Waals surface area contributed by atoms with Crippen LogP contribution in [0.25, 0.3) is 0 Å². The maximum absolute atomic E-state index is 11.4. The molecule has 0 aliphatic carbocycles. The van der Waals surface area contributed by atoms with Crippen molar-refractivity contribution in [1.82, 2.24) is 14.9 Å². The summed E-state index contributed by atoms with van der Waals surface area (Å²) in [5.74, 6) is 0.370. The van der Waals surface area contributed by atoms with Gasteiger partial charge in [-0.25, -0.2) is 13.1 Å². The SMILES string of the molecule is CC(CO)S(=O)(=O)NCCc1ncno1. The van der Waals surface area contributed by atoms with Gasteiger partial charge in [-0.3, -0.25) is 0 Å². The molecule has 1 atom stereocenters. The lowest BCUT2D eigenvalue weighted by molar-refractivity contribution is 0.294. The van der Waals surface area contributed by atoms with E-state index in [0.717, 1.165) is 0 Å². The maximum atomic E-state index is 11.4. The van der Waals surface area contributed by atoms with Crippen LogP contribution >= 0.6 is 0 Å². The van der Waals surface area contributed by atoms with Crippen molar-refractivity contribution in [2.75, 3.05) is 13.2 Å². The fourth-order valence-electron chi connectivity index (χ4n) is 0.847. The van der Waals surface area contributed by atoms with Crippen molar-refractivity contribution in [2.45, 2.75) is 18.6 Å². The van der Waals surface area contributed by atoms with Crippen LogP contribution in [0.1, 0.15) is 12.8 Å². The van der Waals surface area contributed by atoms with Crippen molar-refractivity contribution in [1.29, 1.82) is 0 Å². The second-order valence-electron chi connectivity index (χ2n) is 3.02. The number of aromatic nitrogens is 2. The molecule has 0 aromatic carbocycles. The Morgan fingerprint density at radius 1 is 1.67 bits per heavy atom. The highest BCUT2D eigenvalue weighted by atomic mass is 32.2. The van der Waals surface area contributed by atoms with E-state index in [2.05, 4.69) is 19.4 Å². The van der Waals surface area contributed by atoms with Crippen molar-refractivity contribution < 1.29 is 18.0 Å². The Morgan fingerprint density at radius 2 is 2.40 bits per heavy atom. The molecule has 1 rings (SSSR count). The number of nitrogens with one attached hydrogen (secondary N) is 1. The molecule has 0 radical (unpaired) electrons. The highest BCUT2D eigenvalue weighted by Crippen LogP contribution is 1.97. The van der Waals surface area contributed by atoms with Gasteiger partial charge in [0.25, 0.3) is 0 Å². The number of sulfonamides is 1. The number of aliphatic hydroxyl groups is 1. The first-order valence-corrected chi connectivity index (χ1v) is 5.96. The number of rotatable bonds is 6. The Morgan fingerprint density at radius 3 is 2.93 bits per heavy atom. The van der Waals surface area contributed by atoms with Gasteiger partial charge in [0.1, 0.15) is 0 Å². The zero-order valence-electron chi connectivity index (χ0n) is 8.25. The van der Waals surface area contributed by atoms with Crippen LogP contribution in [-0.4, -0.2) is 42.1 Å². The molecular weight excluding hydrogens is 222 g/mol. The molecule has 7 nitrogen and oxygen atoms in total. The van der Waals surface area contributed by atoms with Gasteiger partial charge in [-0.15, -0.1) is 0 Å². The maximum Gasteiger partial charge on any atom is 0.227 e. The second-order valence-corrected chi connectivity index (χ2v) is 5.20. The van der Waals surface area contributed by atoms with Gasteiger partial charge < -0.3 is 9.63 Å². The van der Waals surface area contributed by atoms with Gasteiger partial charge in [-0.2, -0.15) is 4.98 Å². The third-order valence-corrected chi connectivity index (χ3v) is 3.65. The summed E-state index contributed by atoms with van der Waals surface area (Å²) in [7, 11) is -3.45. The van der Waals surface area contributed by atoms with E-state index in [0.29, 0.717) is 12.3 Å². The average molecular weight is 235 g/mol. The lowest BCUT2D eigenvalue weighted by Crippen LogP contribution is -2.35. The van der Waals surface area contributed by atoms with Crippen molar-refractivity contribution >= 4 is 10.0 Å². The van der Waals surface area contributed by atoms with E-state index in [1.165, 1.54) is 13.3 Å². The van der Waals surface area contributed by atoms with E-state index >= 15 is 0 Å². The molecule has 0 aliphatic heterocycles. The van der Waals surface area contributed by atoms with Crippen LogP contribution in [0.3, 0.4) is 0 Å². The van der Waals surface area contributed by atoms with Crippen molar-refractivity contribution in [3.8, 4) is 0 Å². The van der Waals surface area contributed by atoms with Gasteiger partial charge in [-0.1, -0.05) is 5.16 Å². The first-order chi connectivity index (χ1) is 7.06. The van der Waals surface area contributed by atoms with Crippen molar-refractivity contribution in [3.63, 3.8) is 0 Å². The molecule has 0 fully saturated rings. The van der Waals surface area contributed by atoms with Crippen LogP contribution < -0.4 is 4.72 Å². The lowest BCUT2D eigenvalue weighted by Gasteiger charge is -2.10. The third-order valence-electron chi connectivity index (χ3n) is 1.84. The summed E-state index contributed by atoms with van der Waals surface area (Å²) in [5, 5.41) is 11.3. The van der Waals surface area contributed by atoms with Crippen molar-refractivity contribution in [3.05, 3.63) is 12.2 Å². The molecule has 1 heterocycles. The van der Waals surface area contributed by atoms with Crippen LogP contribution in [0.2, 0.25) is 0 Å². The Bertz CT molecular complexity index is 375. The molecule has 8 heteroatoms. The number of hydrogen-bond acceptors (Lipinski definition) is 6. The van der Waals surface area contributed by atoms with E-state index in [1.54, 1.807) is 0 Å². The third kappa shape index (κ3) is 3.57. The largest absolute Gasteiger partial charge is 0.395 e. The fraction of sp³-hybridized carbons (Fsp3) is 0.714. The summed E-state index contributed by atoms with van der Waals surface area (Å²) >= 11 is 0. The number of nitrogens with zero attached hydrogens (tertiary/aromatic N) is 2. The molecule has 0 saturated carbocycles. The molecule has 0 amide bonds. The summed E-state index contributed by atoms with van der Waals surface area (Å²) < 4.78 is 29.7. The van der Waals surface area contributed by atoms with Crippen LogP contribution in [0.4, 0.5) is 0 Å². The van der Waals surface area contributed by atoms with Crippen molar-refractivity contribution in [2.24, 2.45) is 0 Å². The molecule has 0 saturated heterocycles. The lowest BCUT2D eigenvalue weighted by atomic mass is 10.4. The first kappa shape index (κ1) is 12.1. The number of aliphatic hydroxyl groups excluding tert-OH is 1. The Hall–Kier alpha value is -0.990. The van der Waals surface area contributed by atoms with E-state index in [9.17, 15) is 8.42 Å². The van der Waals surface area contributed by atoms with E-state index in [4.69, 9.17) is 5.11 Å². The summed E-state index contributed by atoms with van der Waals surface area (Å²) in [6.07, 6.45) is 1.58. The molecule has 0 spiro atoms. The van der Waals surface area contributed by atoms with E-state index < -0.39 is 21.9 Å². The predicted molar refractivity (Wildman–Crippen MR) is 51.5 cm³/mol. The predicted octanol–water partition coefficient (Wildman–Crippen LogP) is -1.09. The highest BCUT2D eigenvalue weighted by molar-refractivity contribution is 7.90. The minimum atomic E-state index is -3.45. The Balaban J connectivity index is 2.37. The molecule has 1 aromatic rings. The fourth-order valence-corrected chi connectivity index (χ4v) is 1.71. The molecule has 1 aromatic heterocycles. The summed E-state index contributed by atoms with van der Waals surface area (Å²) in [6.45, 7) is 1.19. The normalized spacial score (nSPS) is 14.0. The van der Waals surface area contributed by atoms with Gasteiger partial charge in [0.15, 0.2) is 6.33 Å². The molecule has 86 valence electrons. The van der Waals surface area contributed by atoms with E-state index in [1.807, 2.05) is 0 Å². The zero-order chi connectivity index (χ0) is 11.3. The summed E-state index contributed by atoms with van der Waals surface area (Å²) in [6, 6.07) is 0. The molecule has 15 heavy (non-hydrogen) atoms. The Labute approximate surface area is 87.5 Å². The minimum Gasteiger partial charge on any atom is -0.395 e. The van der Waals surface area contributed by atoms with Gasteiger partial charge in [0, 0.05) is 13.0 Å². The molecule has 2 N–H and O–H groups in total. The highest BCUT2D eigenvalue weighted by Gasteiger charge is 2.18. The standard InChI is InChI=1S/C7H13N3O4S/c1-6(4-11)15(12,13)10-3-2-7-8-5-9-14-7/h5-6,10-11H,2-4H2,1H3. The van der Waals surface area contributed by atoms with Gasteiger partial charge in [0.05, 0.1) is 11.9 Å². The molecule has 0 bridgehead atoms. The molecular formula is C7H13N3O4S. The second kappa shape index (κ2) is 5.19.